The van der Waals surface area contributed by atoms with Crippen molar-refractivity contribution >= 4 is 149 Å². The Bertz CT molecular complexity index is 3790. The van der Waals surface area contributed by atoms with Crippen LogP contribution in [0.1, 0.15) is 27.0 Å². The molecule has 0 spiro atoms. The van der Waals surface area contributed by atoms with Crippen LogP contribution in [-0.2, 0) is 20.2 Å². The Kier molecular flexibility index (Phi) is 17.8. The molecule has 0 fully saturated rings. The second-order valence-corrected chi connectivity index (χ2v) is 18.9. The van der Waals surface area contributed by atoms with E-state index in [2.05, 4.69) is 30.8 Å². The summed E-state index contributed by atoms with van der Waals surface area (Å²) >= 11 is 12.0. The standard InChI is InChI=1S/2C25H20ClN3O6S.Ca/c2*1-14-20(26)10-11-21(24(14)36(32,33)34)28-29-22-18-9-4-3-6-15(18)12-19(23(22)30)25(31)27-16-7-5-8-17(13-16)35-2;/h2*3-13,30H,1-2H3,(H,27,31)(H,32,33,34);/q;;+2/p-2. The fourth-order valence-electron chi connectivity index (χ4n) is 7.24. The Morgan fingerprint density at radius 1 is 0.616 bits per heavy atom. The summed E-state index contributed by atoms with van der Waals surface area (Å²) in [5.74, 6) is -1.57. The van der Waals surface area contributed by atoms with Crippen molar-refractivity contribution in [2.45, 2.75) is 23.6 Å². The molecule has 23 heteroatoms. The molecule has 0 unspecified atom stereocenters. The van der Waals surface area contributed by atoms with Crippen molar-refractivity contribution in [2.75, 3.05) is 19.5 Å². The number of ether oxygens (including phenoxy) is 2. The number of halogens is 2. The fraction of sp³-hybridized carbons (Fsp3) is 0.0800. The molecule has 8 aromatic carbocycles. The summed E-state index contributed by atoms with van der Waals surface area (Å²) in [4.78, 5) is 16.0. The number of methoxy groups -OCH3 is 2. The molecule has 4 N–H and O–H groups in total. The number of phenols is 1. The summed E-state index contributed by atoms with van der Waals surface area (Å²) in [7, 11) is -6.40. The smallest absolute Gasteiger partial charge is 0.871 e. The van der Waals surface area contributed by atoms with Crippen molar-refractivity contribution < 1.29 is 55.5 Å². The van der Waals surface area contributed by atoms with E-state index in [4.69, 9.17) is 32.7 Å². The van der Waals surface area contributed by atoms with Gasteiger partial charge >= 0.3 is 37.7 Å². The van der Waals surface area contributed by atoms with Gasteiger partial charge in [0, 0.05) is 38.6 Å². The van der Waals surface area contributed by atoms with Crippen LogP contribution in [0.5, 0.6) is 23.0 Å². The zero-order chi connectivity index (χ0) is 52.1. The van der Waals surface area contributed by atoms with Gasteiger partial charge in [-0.1, -0.05) is 89.6 Å². The summed E-state index contributed by atoms with van der Waals surface area (Å²) in [5, 5.41) is 58.2. The van der Waals surface area contributed by atoms with Gasteiger partial charge in [0.15, 0.2) is 5.75 Å². The van der Waals surface area contributed by atoms with Crippen LogP contribution in [0.3, 0.4) is 0 Å². The number of nitrogens with zero attached hydrogens (tertiary/aromatic N) is 5. The number of hydrogen-bond acceptors (Lipinski definition) is 15. The second kappa shape index (κ2) is 23.4. The molecule has 0 aliphatic heterocycles. The van der Waals surface area contributed by atoms with Gasteiger partial charge in [-0.3, -0.25) is 18.9 Å². The number of nitrogens with one attached hydrogen (secondary N) is 1. The van der Waals surface area contributed by atoms with Gasteiger partial charge in [0.05, 0.1) is 31.2 Å². The maximum atomic E-state index is 13.3. The van der Waals surface area contributed by atoms with Crippen LogP contribution in [-0.4, -0.2) is 94.8 Å². The monoisotopic (exact) mass is 1090 g/mol. The summed E-state index contributed by atoms with van der Waals surface area (Å²) in [6.45, 7) is 2.82. The summed E-state index contributed by atoms with van der Waals surface area (Å²) in [5.41, 5.74) is -0.0618. The maximum absolute atomic E-state index is 13.3. The Morgan fingerprint density at radius 3 is 1.63 bits per heavy atom. The first kappa shape index (κ1) is 55.6. The Morgan fingerprint density at radius 2 is 1.10 bits per heavy atom. The van der Waals surface area contributed by atoms with Gasteiger partial charge in [-0.15, -0.1) is 15.3 Å². The zero-order valence-corrected chi connectivity index (χ0v) is 44.1. The number of hydrogen-bond donors (Lipinski definition) is 4. The van der Waals surface area contributed by atoms with E-state index in [0.29, 0.717) is 44.4 Å². The molecule has 0 radical (unpaired) electrons. The van der Waals surface area contributed by atoms with Gasteiger partial charge in [-0.05, 0) is 108 Å². The van der Waals surface area contributed by atoms with E-state index < -0.39 is 53.3 Å². The van der Waals surface area contributed by atoms with E-state index in [9.17, 15) is 46.1 Å². The van der Waals surface area contributed by atoms with Crippen LogP contribution in [0, 0.1) is 13.8 Å². The average molecular weight is 1090 g/mol. The third-order valence-electron chi connectivity index (χ3n) is 10.7. The molecule has 368 valence electrons. The van der Waals surface area contributed by atoms with Crippen LogP contribution in [0.2, 0.25) is 10.0 Å². The molecule has 0 atom stereocenters. The maximum Gasteiger partial charge on any atom is 2.00 e. The molecule has 73 heavy (non-hydrogen) atoms. The van der Waals surface area contributed by atoms with E-state index >= 15 is 0 Å². The van der Waals surface area contributed by atoms with Crippen molar-refractivity contribution in [3.63, 3.8) is 0 Å². The van der Waals surface area contributed by atoms with Crippen molar-refractivity contribution in [1.82, 2.24) is 0 Å². The van der Waals surface area contributed by atoms with Crippen molar-refractivity contribution in [2.24, 2.45) is 25.4 Å². The minimum absolute atomic E-state index is 0. The van der Waals surface area contributed by atoms with Crippen LogP contribution >= 0.6 is 23.2 Å². The Balaban J connectivity index is 0.000000235. The predicted molar refractivity (Wildman–Crippen MR) is 275 cm³/mol. The first-order chi connectivity index (χ1) is 34.2. The number of aromatic hydroxyl groups is 1. The van der Waals surface area contributed by atoms with Crippen molar-refractivity contribution in [3.8, 4) is 23.0 Å². The van der Waals surface area contributed by atoms with E-state index in [1.54, 1.807) is 97.1 Å². The van der Waals surface area contributed by atoms with E-state index in [0.717, 1.165) is 0 Å². The van der Waals surface area contributed by atoms with Crippen molar-refractivity contribution in [1.29, 1.82) is 0 Å². The van der Waals surface area contributed by atoms with E-state index in [1.807, 2.05) is 0 Å². The van der Waals surface area contributed by atoms with Gasteiger partial charge in [-0.2, -0.15) is 21.9 Å². The van der Waals surface area contributed by atoms with Gasteiger partial charge in [0.25, 0.3) is 26.1 Å². The Hall–Kier alpha value is -6.72. The minimum Gasteiger partial charge on any atom is -0.871 e. The molecule has 8 rings (SSSR count). The SMILES string of the molecule is COc1cccc(N=C([O-])c2cc3ccccc3c(N=Nc3ccc(Cl)c(C)c3S(=O)(=O)O)c2[O-])c1.COc1cccc(NC(=O)c2cc3ccccc3c(N=Nc3ccc(Cl)c(C)c3S(=O)(=O)O)c2O)c1.[Ca+2]. The zero-order valence-electron chi connectivity index (χ0n) is 38.7. The number of fused-ring (bicyclic) bond motifs is 2. The molecular formula is C50H38CaCl2N6O12S2. The number of amides is 1. The van der Waals surface area contributed by atoms with Crippen LogP contribution < -0.4 is 25.0 Å². The molecular weight excluding hydrogens is 1050 g/mol. The molecule has 0 aliphatic carbocycles. The number of phenolic OH excluding ortho intramolecular Hbond substituents is 1. The van der Waals surface area contributed by atoms with Crippen molar-refractivity contribution in [3.05, 3.63) is 166 Å². The largest absolute Gasteiger partial charge is 2.00 e. The summed E-state index contributed by atoms with van der Waals surface area (Å²) in [6, 6.07) is 35.0. The van der Waals surface area contributed by atoms with Crippen LogP contribution in [0.15, 0.2) is 169 Å². The average Bonchev–Trinajstić information content (AvgIpc) is 3.34. The molecule has 18 nitrogen and oxygen atoms in total. The molecule has 0 saturated carbocycles. The normalized spacial score (nSPS) is 11.9. The first-order valence-electron chi connectivity index (χ1n) is 20.9. The molecule has 0 saturated heterocycles. The number of carbonyl (C=O) groups is 1. The molecule has 0 aromatic heterocycles. The van der Waals surface area contributed by atoms with E-state index in [-0.39, 0.29) is 92.8 Å². The summed E-state index contributed by atoms with van der Waals surface area (Å²) in [6.07, 6.45) is 0. The number of azo groups is 2. The number of benzene rings is 8. The number of aliphatic imine (C=N–C) groups is 1. The molecule has 0 bridgehead atoms. The predicted octanol–water partition coefficient (Wildman–Crippen LogP) is 11.0. The molecule has 0 heterocycles. The Labute approximate surface area is 457 Å². The van der Waals surface area contributed by atoms with Gasteiger partial charge in [-0.25, -0.2) is 0 Å². The van der Waals surface area contributed by atoms with E-state index in [1.165, 1.54) is 64.5 Å². The first-order valence-corrected chi connectivity index (χ1v) is 24.5. The third-order valence-corrected chi connectivity index (χ3v) is 13.6. The topological polar surface area (TPSA) is 284 Å². The molecule has 8 aromatic rings. The molecule has 1 amide bonds. The van der Waals surface area contributed by atoms with Crippen LogP contribution in [0.25, 0.3) is 21.5 Å². The molecule has 0 aliphatic rings. The fourth-order valence-corrected chi connectivity index (χ4v) is 9.41. The third kappa shape index (κ3) is 12.7. The number of carbonyl (C=O) groups excluding carboxylic acids is 1. The minimum atomic E-state index is -4.70. The van der Waals surface area contributed by atoms with Gasteiger partial charge in [0.1, 0.15) is 38.4 Å². The number of rotatable bonds is 12. The quantitative estimate of drug-likeness (QED) is 0.0292. The number of anilines is 1. The van der Waals surface area contributed by atoms with Crippen LogP contribution in [0.4, 0.5) is 34.1 Å². The summed E-state index contributed by atoms with van der Waals surface area (Å²) < 4.78 is 77.5. The van der Waals surface area contributed by atoms with Gasteiger partial charge in [0.2, 0.25) is 0 Å². The second-order valence-electron chi connectivity index (χ2n) is 15.4. The van der Waals surface area contributed by atoms with Gasteiger partial charge < -0.3 is 30.1 Å².